The molecule has 5 heteroatoms. The van der Waals surface area contributed by atoms with Gasteiger partial charge >= 0.3 is 0 Å². The molecule has 1 aromatic heterocycles. The lowest BCUT2D eigenvalue weighted by Crippen LogP contribution is -2.52. The van der Waals surface area contributed by atoms with Crippen LogP contribution in [0.2, 0.25) is 0 Å². The standard InChI is InChI=1S/C19H23N3O2/c1-14-6-7-18(12-21-14)24-13-16-4-3-5-17(10-16)19(23)22-9-8-20-11-15(22)2/h3-7,10,12,15,20H,8-9,11,13H2,1-2H3/t15-/m1/s1. The summed E-state index contributed by atoms with van der Waals surface area (Å²) < 4.78 is 5.75. The first-order valence-corrected chi connectivity index (χ1v) is 8.29. The van der Waals surface area contributed by atoms with E-state index in [-0.39, 0.29) is 11.9 Å². The van der Waals surface area contributed by atoms with Gasteiger partial charge < -0.3 is 15.0 Å². The Labute approximate surface area is 142 Å². The molecule has 0 spiro atoms. The summed E-state index contributed by atoms with van der Waals surface area (Å²) in [7, 11) is 0. The molecule has 1 saturated heterocycles. The predicted octanol–water partition coefficient (Wildman–Crippen LogP) is 2.40. The highest BCUT2D eigenvalue weighted by molar-refractivity contribution is 5.94. The van der Waals surface area contributed by atoms with Crippen molar-refractivity contribution >= 4 is 5.91 Å². The molecule has 0 saturated carbocycles. The van der Waals surface area contributed by atoms with Crippen molar-refractivity contribution in [3.63, 3.8) is 0 Å². The fraction of sp³-hybridized carbons (Fsp3) is 0.368. The molecule has 1 N–H and O–H groups in total. The second-order valence-corrected chi connectivity index (χ2v) is 6.18. The molecule has 1 aromatic carbocycles. The van der Waals surface area contributed by atoms with Gasteiger partial charge in [0, 0.05) is 36.9 Å². The number of nitrogens with zero attached hydrogens (tertiary/aromatic N) is 2. The number of carbonyl (C=O) groups is 1. The van der Waals surface area contributed by atoms with Crippen molar-refractivity contribution in [3.8, 4) is 5.75 Å². The Bertz CT molecular complexity index is 700. The van der Waals surface area contributed by atoms with Crippen LogP contribution in [0.5, 0.6) is 5.75 Å². The third kappa shape index (κ3) is 3.92. The third-order valence-corrected chi connectivity index (χ3v) is 4.23. The van der Waals surface area contributed by atoms with E-state index >= 15 is 0 Å². The number of benzene rings is 1. The molecule has 3 rings (SSSR count). The highest BCUT2D eigenvalue weighted by Crippen LogP contribution is 2.15. The summed E-state index contributed by atoms with van der Waals surface area (Å²) in [4.78, 5) is 18.9. The first kappa shape index (κ1) is 16.5. The van der Waals surface area contributed by atoms with Crippen molar-refractivity contribution in [2.45, 2.75) is 26.5 Å². The summed E-state index contributed by atoms with van der Waals surface area (Å²) in [5, 5.41) is 3.30. The van der Waals surface area contributed by atoms with E-state index in [2.05, 4.69) is 17.2 Å². The second-order valence-electron chi connectivity index (χ2n) is 6.18. The van der Waals surface area contributed by atoms with Crippen LogP contribution in [0.3, 0.4) is 0 Å². The lowest BCUT2D eigenvalue weighted by atomic mass is 10.1. The van der Waals surface area contributed by atoms with Crippen molar-refractivity contribution in [3.05, 3.63) is 59.4 Å². The molecule has 0 unspecified atom stereocenters. The normalized spacial score (nSPS) is 17.6. The maximum absolute atomic E-state index is 12.7. The van der Waals surface area contributed by atoms with Crippen LogP contribution in [-0.4, -0.2) is 41.5 Å². The average molecular weight is 325 g/mol. The van der Waals surface area contributed by atoms with Gasteiger partial charge in [0.15, 0.2) is 0 Å². The summed E-state index contributed by atoms with van der Waals surface area (Å²) in [5.41, 5.74) is 2.65. The van der Waals surface area contributed by atoms with Gasteiger partial charge in [0.1, 0.15) is 12.4 Å². The van der Waals surface area contributed by atoms with Gasteiger partial charge in [-0.3, -0.25) is 9.78 Å². The Kier molecular flexibility index (Phi) is 5.11. The van der Waals surface area contributed by atoms with Gasteiger partial charge in [-0.05, 0) is 43.7 Å². The quantitative estimate of drug-likeness (QED) is 0.938. The average Bonchev–Trinajstić information content (AvgIpc) is 2.61. The zero-order valence-corrected chi connectivity index (χ0v) is 14.2. The SMILES string of the molecule is Cc1ccc(OCc2cccc(C(=O)N3CCNC[C@H]3C)c2)cn1. The van der Waals surface area contributed by atoms with Gasteiger partial charge in [-0.15, -0.1) is 0 Å². The molecule has 1 atom stereocenters. The largest absolute Gasteiger partial charge is 0.487 e. The van der Waals surface area contributed by atoms with Crippen LogP contribution in [0.4, 0.5) is 0 Å². The van der Waals surface area contributed by atoms with Gasteiger partial charge in [0.05, 0.1) is 6.20 Å². The van der Waals surface area contributed by atoms with E-state index in [0.717, 1.165) is 36.6 Å². The van der Waals surface area contributed by atoms with E-state index in [1.807, 2.05) is 48.2 Å². The number of hydrogen-bond acceptors (Lipinski definition) is 4. The van der Waals surface area contributed by atoms with E-state index in [0.29, 0.717) is 12.2 Å². The van der Waals surface area contributed by atoms with Gasteiger partial charge in [0.2, 0.25) is 0 Å². The van der Waals surface area contributed by atoms with Crippen LogP contribution in [0, 0.1) is 6.92 Å². The maximum atomic E-state index is 12.7. The molecule has 2 aromatic rings. The molecule has 0 aliphatic carbocycles. The fourth-order valence-electron chi connectivity index (χ4n) is 2.81. The van der Waals surface area contributed by atoms with Gasteiger partial charge in [-0.25, -0.2) is 0 Å². The number of nitrogens with one attached hydrogen (secondary N) is 1. The number of hydrogen-bond donors (Lipinski definition) is 1. The van der Waals surface area contributed by atoms with Crippen LogP contribution in [-0.2, 0) is 6.61 Å². The van der Waals surface area contributed by atoms with Crippen molar-refractivity contribution < 1.29 is 9.53 Å². The topological polar surface area (TPSA) is 54.5 Å². The Morgan fingerprint density at radius 3 is 3.00 bits per heavy atom. The number of amides is 1. The minimum absolute atomic E-state index is 0.0860. The molecule has 0 radical (unpaired) electrons. The number of ether oxygens (including phenoxy) is 1. The Morgan fingerprint density at radius 2 is 2.25 bits per heavy atom. The summed E-state index contributed by atoms with van der Waals surface area (Å²) in [6.07, 6.45) is 1.72. The molecular weight excluding hydrogens is 302 g/mol. The first-order chi connectivity index (χ1) is 11.6. The lowest BCUT2D eigenvalue weighted by molar-refractivity contribution is 0.0655. The third-order valence-electron chi connectivity index (χ3n) is 4.23. The Morgan fingerprint density at radius 1 is 1.38 bits per heavy atom. The van der Waals surface area contributed by atoms with Crippen molar-refractivity contribution in [1.29, 1.82) is 0 Å². The van der Waals surface area contributed by atoms with Crippen molar-refractivity contribution in [1.82, 2.24) is 15.2 Å². The maximum Gasteiger partial charge on any atom is 0.254 e. The summed E-state index contributed by atoms with van der Waals surface area (Å²) in [6, 6.07) is 11.7. The molecule has 1 aliphatic rings. The molecule has 0 bridgehead atoms. The number of carbonyl (C=O) groups excluding carboxylic acids is 1. The van der Waals surface area contributed by atoms with E-state index < -0.39 is 0 Å². The van der Waals surface area contributed by atoms with Crippen LogP contribution >= 0.6 is 0 Å². The van der Waals surface area contributed by atoms with E-state index in [1.165, 1.54) is 0 Å². The zero-order chi connectivity index (χ0) is 16.9. The van der Waals surface area contributed by atoms with E-state index in [4.69, 9.17) is 4.74 Å². The molecule has 1 aliphatic heterocycles. The van der Waals surface area contributed by atoms with Crippen LogP contribution in [0.1, 0.15) is 28.5 Å². The summed E-state index contributed by atoms with van der Waals surface area (Å²) in [6.45, 7) is 6.87. The van der Waals surface area contributed by atoms with Crippen molar-refractivity contribution in [2.75, 3.05) is 19.6 Å². The smallest absolute Gasteiger partial charge is 0.254 e. The summed E-state index contributed by atoms with van der Waals surface area (Å²) in [5.74, 6) is 0.816. The number of aromatic nitrogens is 1. The van der Waals surface area contributed by atoms with E-state index in [1.54, 1.807) is 6.20 Å². The van der Waals surface area contributed by atoms with E-state index in [9.17, 15) is 4.79 Å². The predicted molar refractivity (Wildman–Crippen MR) is 93.1 cm³/mol. The van der Waals surface area contributed by atoms with Gasteiger partial charge in [0.25, 0.3) is 5.91 Å². The lowest BCUT2D eigenvalue weighted by Gasteiger charge is -2.34. The molecule has 24 heavy (non-hydrogen) atoms. The number of rotatable bonds is 4. The van der Waals surface area contributed by atoms with Crippen LogP contribution in [0.15, 0.2) is 42.6 Å². The Hall–Kier alpha value is -2.40. The number of pyridine rings is 1. The molecular formula is C19H23N3O2. The Balaban J connectivity index is 1.67. The molecule has 1 fully saturated rings. The van der Waals surface area contributed by atoms with Crippen LogP contribution < -0.4 is 10.1 Å². The van der Waals surface area contributed by atoms with Crippen LogP contribution in [0.25, 0.3) is 0 Å². The minimum atomic E-state index is 0.0860. The summed E-state index contributed by atoms with van der Waals surface area (Å²) >= 11 is 0. The molecule has 126 valence electrons. The fourth-order valence-corrected chi connectivity index (χ4v) is 2.81. The van der Waals surface area contributed by atoms with Crippen molar-refractivity contribution in [2.24, 2.45) is 0 Å². The zero-order valence-electron chi connectivity index (χ0n) is 14.2. The molecule has 1 amide bonds. The second kappa shape index (κ2) is 7.45. The minimum Gasteiger partial charge on any atom is -0.487 e. The molecule has 2 heterocycles. The molecule has 5 nitrogen and oxygen atoms in total. The van der Waals surface area contributed by atoms with Gasteiger partial charge in [-0.2, -0.15) is 0 Å². The van der Waals surface area contributed by atoms with Gasteiger partial charge in [-0.1, -0.05) is 12.1 Å². The highest BCUT2D eigenvalue weighted by Gasteiger charge is 2.23. The number of piperazine rings is 1. The highest BCUT2D eigenvalue weighted by atomic mass is 16.5. The number of aryl methyl sites for hydroxylation is 1. The first-order valence-electron chi connectivity index (χ1n) is 8.29. The monoisotopic (exact) mass is 325 g/mol.